The molecule has 2 N–H and O–H groups in total. The average molecular weight is 258 g/mol. The largest absolute Gasteiger partial charge is 0.396 e. The summed E-state index contributed by atoms with van der Waals surface area (Å²) in [7, 11) is 0. The van der Waals surface area contributed by atoms with E-state index in [-0.39, 0.29) is 0 Å². The van der Waals surface area contributed by atoms with Crippen molar-refractivity contribution in [3.8, 4) is 5.69 Å². The molecule has 1 aliphatic heterocycles. The first-order valence-corrected chi connectivity index (χ1v) is 6.51. The maximum atomic E-state index is 5.67. The van der Waals surface area contributed by atoms with E-state index in [0.29, 0.717) is 5.69 Å². The lowest BCUT2D eigenvalue weighted by Gasteiger charge is -2.26. The van der Waals surface area contributed by atoms with E-state index in [2.05, 4.69) is 34.3 Å². The summed E-state index contributed by atoms with van der Waals surface area (Å²) in [4.78, 5) is 2.41. The van der Waals surface area contributed by atoms with E-state index < -0.39 is 0 Å². The molecule has 0 atom stereocenters. The zero-order chi connectivity index (χ0) is 13.1. The number of morpholine rings is 1. The molecule has 19 heavy (non-hydrogen) atoms. The van der Waals surface area contributed by atoms with Crippen LogP contribution in [-0.4, -0.2) is 41.0 Å². The molecule has 100 valence electrons. The quantitative estimate of drug-likeness (QED) is 0.901. The Morgan fingerprint density at radius 3 is 2.53 bits per heavy atom. The summed E-state index contributed by atoms with van der Waals surface area (Å²) in [6.07, 6.45) is 3.47. The van der Waals surface area contributed by atoms with Crippen LogP contribution in [0.3, 0.4) is 0 Å². The number of ether oxygens (including phenoxy) is 1. The average Bonchev–Trinajstić information content (AvgIpc) is 2.87. The van der Waals surface area contributed by atoms with E-state index in [1.54, 1.807) is 10.9 Å². The normalized spacial score (nSPS) is 16.6. The summed E-state index contributed by atoms with van der Waals surface area (Å²) < 4.78 is 7.14. The van der Waals surface area contributed by atoms with Gasteiger partial charge in [0.25, 0.3) is 0 Å². The Bertz CT molecular complexity index is 529. The molecule has 5 nitrogen and oxygen atoms in total. The molecule has 0 radical (unpaired) electrons. The van der Waals surface area contributed by atoms with Crippen LogP contribution in [0.15, 0.2) is 36.7 Å². The summed E-state index contributed by atoms with van der Waals surface area (Å²) in [5, 5.41) is 4.20. The van der Waals surface area contributed by atoms with E-state index in [1.807, 2.05) is 6.20 Å². The van der Waals surface area contributed by atoms with Crippen LogP contribution < -0.4 is 5.73 Å². The Kier molecular flexibility index (Phi) is 3.48. The van der Waals surface area contributed by atoms with E-state index in [4.69, 9.17) is 10.5 Å². The SMILES string of the molecule is Nc1cnn(-c2ccc(CN3CCOCC3)cc2)c1. The van der Waals surface area contributed by atoms with Crippen LogP contribution in [0.25, 0.3) is 5.69 Å². The third-order valence-corrected chi connectivity index (χ3v) is 3.31. The highest BCUT2D eigenvalue weighted by molar-refractivity contribution is 5.39. The zero-order valence-electron chi connectivity index (χ0n) is 10.8. The highest BCUT2D eigenvalue weighted by Gasteiger charge is 2.10. The van der Waals surface area contributed by atoms with E-state index in [9.17, 15) is 0 Å². The second-order valence-electron chi connectivity index (χ2n) is 4.77. The smallest absolute Gasteiger partial charge is 0.0724 e. The van der Waals surface area contributed by atoms with Crippen LogP contribution in [0.5, 0.6) is 0 Å². The van der Waals surface area contributed by atoms with Gasteiger partial charge in [0.05, 0.1) is 37.0 Å². The second kappa shape index (κ2) is 5.42. The minimum atomic E-state index is 0.678. The number of nitrogens with two attached hydrogens (primary N) is 1. The molecule has 5 heteroatoms. The highest BCUT2D eigenvalue weighted by Crippen LogP contribution is 2.13. The molecule has 3 rings (SSSR count). The fraction of sp³-hybridized carbons (Fsp3) is 0.357. The van der Waals surface area contributed by atoms with Crippen LogP contribution in [0, 0.1) is 0 Å². The van der Waals surface area contributed by atoms with E-state index in [0.717, 1.165) is 38.5 Å². The number of nitrogen functional groups attached to an aromatic ring is 1. The summed E-state index contributed by atoms with van der Waals surface area (Å²) in [5.74, 6) is 0. The van der Waals surface area contributed by atoms with Gasteiger partial charge in [-0.05, 0) is 17.7 Å². The van der Waals surface area contributed by atoms with Crippen molar-refractivity contribution in [3.63, 3.8) is 0 Å². The lowest BCUT2D eigenvalue weighted by Crippen LogP contribution is -2.35. The first-order valence-electron chi connectivity index (χ1n) is 6.51. The van der Waals surface area contributed by atoms with Crippen LogP contribution in [0.2, 0.25) is 0 Å². The van der Waals surface area contributed by atoms with Gasteiger partial charge in [-0.15, -0.1) is 0 Å². The minimum Gasteiger partial charge on any atom is -0.396 e. The lowest BCUT2D eigenvalue weighted by molar-refractivity contribution is 0.0342. The van der Waals surface area contributed by atoms with Gasteiger partial charge in [0.15, 0.2) is 0 Å². The molecular formula is C14H18N4O. The van der Waals surface area contributed by atoms with Crippen molar-refractivity contribution in [2.45, 2.75) is 6.54 Å². The summed E-state index contributed by atoms with van der Waals surface area (Å²) >= 11 is 0. The van der Waals surface area contributed by atoms with Gasteiger partial charge in [0.2, 0.25) is 0 Å². The predicted octanol–water partition coefficient (Wildman–Crippen LogP) is 1.29. The fourth-order valence-corrected chi connectivity index (χ4v) is 2.25. The Hall–Kier alpha value is -1.85. The number of hydrogen-bond acceptors (Lipinski definition) is 4. The first-order chi connectivity index (χ1) is 9.31. The molecule has 1 aliphatic rings. The molecule has 1 fully saturated rings. The Morgan fingerprint density at radius 1 is 1.16 bits per heavy atom. The topological polar surface area (TPSA) is 56.3 Å². The van der Waals surface area contributed by atoms with Crippen molar-refractivity contribution in [1.82, 2.24) is 14.7 Å². The van der Waals surface area contributed by atoms with Crippen molar-refractivity contribution < 1.29 is 4.74 Å². The Labute approximate surface area is 112 Å². The van der Waals surface area contributed by atoms with Gasteiger partial charge in [0, 0.05) is 19.6 Å². The van der Waals surface area contributed by atoms with E-state index in [1.165, 1.54) is 5.56 Å². The maximum absolute atomic E-state index is 5.67. The number of hydrogen-bond donors (Lipinski definition) is 1. The minimum absolute atomic E-state index is 0.678. The van der Waals surface area contributed by atoms with Crippen LogP contribution >= 0.6 is 0 Å². The van der Waals surface area contributed by atoms with Crippen molar-refractivity contribution in [3.05, 3.63) is 42.2 Å². The highest BCUT2D eigenvalue weighted by atomic mass is 16.5. The third-order valence-electron chi connectivity index (χ3n) is 3.31. The van der Waals surface area contributed by atoms with Gasteiger partial charge in [-0.3, -0.25) is 4.90 Å². The molecule has 0 saturated carbocycles. The van der Waals surface area contributed by atoms with Crippen LogP contribution in [0.1, 0.15) is 5.56 Å². The second-order valence-corrected chi connectivity index (χ2v) is 4.77. The molecule has 0 aliphatic carbocycles. The molecular weight excluding hydrogens is 240 g/mol. The molecule has 0 unspecified atom stereocenters. The third kappa shape index (κ3) is 2.94. The maximum Gasteiger partial charge on any atom is 0.0724 e. The molecule has 2 heterocycles. The summed E-state index contributed by atoms with van der Waals surface area (Å²) in [6.45, 7) is 4.68. The molecule has 0 bridgehead atoms. The Morgan fingerprint density at radius 2 is 1.89 bits per heavy atom. The molecule has 1 saturated heterocycles. The fourth-order valence-electron chi connectivity index (χ4n) is 2.25. The first kappa shape index (κ1) is 12.2. The molecule has 0 amide bonds. The molecule has 2 aromatic rings. The van der Waals surface area contributed by atoms with Crippen molar-refractivity contribution in [1.29, 1.82) is 0 Å². The zero-order valence-corrected chi connectivity index (χ0v) is 10.8. The summed E-state index contributed by atoms with van der Waals surface area (Å²) in [6, 6.07) is 8.43. The van der Waals surface area contributed by atoms with Crippen molar-refractivity contribution in [2.75, 3.05) is 32.0 Å². The molecule has 0 spiro atoms. The van der Waals surface area contributed by atoms with Gasteiger partial charge < -0.3 is 10.5 Å². The van der Waals surface area contributed by atoms with Gasteiger partial charge >= 0.3 is 0 Å². The van der Waals surface area contributed by atoms with Crippen LogP contribution in [0.4, 0.5) is 5.69 Å². The monoisotopic (exact) mass is 258 g/mol. The van der Waals surface area contributed by atoms with Crippen LogP contribution in [-0.2, 0) is 11.3 Å². The lowest BCUT2D eigenvalue weighted by atomic mass is 10.2. The number of rotatable bonds is 3. The number of benzene rings is 1. The standard InChI is InChI=1S/C14H18N4O/c15-13-9-16-18(11-13)14-3-1-12(2-4-14)10-17-5-7-19-8-6-17/h1-4,9,11H,5-8,10,15H2. The van der Waals surface area contributed by atoms with Gasteiger partial charge in [-0.2, -0.15) is 5.10 Å². The van der Waals surface area contributed by atoms with Gasteiger partial charge in [0.1, 0.15) is 0 Å². The Balaban J connectivity index is 1.68. The van der Waals surface area contributed by atoms with E-state index >= 15 is 0 Å². The number of anilines is 1. The number of nitrogens with zero attached hydrogens (tertiary/aromatic N) is 3. The molecule has 1 aromatic heterocycles. The van der Waals surface area contributed by atoms with Gasteiger partial charge in [-0.25, -0.2) is 4.68 Å². The molecule has 1 aromatic carbocycles. The number of aromatic nitrogens is 2. The summed E-state index contributed by atoms with van der Waals surface area (Å²) in [5.41, 5.74) is 8.69. The predicted molar refractivity (Wildman–Crippen MR) is 74.1 cm³/mol. The van der Waals surface area contributed by atoms with Crippen molar-refractivity contribution in [2.24, 2.45) is 0 Å². The van der Waals surface area contributed by atoms with Gasteiger partial charge in [-0.1, -0.05) is 12.1 Å². The van der Waals surface area contributed by atoms with Crippen molar-refractivity contribution >= 4 is 5.69 Å².